The van der Waals surface area contributed by atoms with Crippen LogP contribution in [0.15, 0.2) is 146 Å². The summed E-state index contributed by atoms with van der Waals surface area (Å²) in [5.41, 5.74) is 13.2. The van der Waals surface area contributed by atoms with E-state index in [1.54, 1.807) is 0 Å². The van der Waals surface area contributed by atoms with Crippen molar-refractivity contribution in [3.8, 4) is 73.6 Å². The molecule has 4 nitrogen and oxygen atoms in total. The molecule has 9 rings (SSSR count). The third kappa shape index (κ3) is 5.02. The summed E-state index contributed by atoms with van der Waals surface area (Å²) < 4.78 is 0. The number of hydrogen-bond acceptors (Lipinski definition) is 4. The van der Waals surface area contributed by atoms with Gasteiger partial charge in [-0.05, 0) is 75.5 Å². The van der Waals surface area contributed by atoms with Crippen molar-refractivity contribution in [1.82, 2.24) is 15.0 Å². The Hall–Kier alpha value is -6.18. The fourth-order valence-corrected chi connectivity index (χ4v) is 8.25. The summed E-state index contributed by atoms with van der Waals surface area (Å²) >= 11 is 0. The zero-order valence-corrected chi connectivity index (χ0v) is 27.7. The molecule has 1 heterocycles. The molecule has 2 aliphatic carbocycles. The van der Waals surface area contributed by atoms with Gasteiger partial charge in [-0.1, -0.05) is 147 Å². The summed E-state index contributed by atoms with van der Waals surface area (Å²) in [5.74, 6) is 1.91. The van der Waals surface area contributed by atoms with E-state index in [-0.39, 0.29) is 5.41 Å². The highest BCUT2D eigenvalue weighted by Crippen LogP contribution is 2.56. The number of nitriles is 1. The van der Waals surface area contributed by atoms with Crippen molar-refractivity contribution >= 4 is 0 Å². The van der Waals surface area contributed by atoms with E-state index in [1.807, 2.05) is 36.4 Å². The second-order valence-electron chi connectivity index (χ2n) is 13.4. The average Bonchev–Trinajstić information content (AvgIpc) is 3.45. The molecule has 1 fully saturated rings. The maximum Gasteiger partial charge on any atom is 0.164 e. The molecule has 4 heteroatoms. The van der Waals surface area contributed by atoms with Gasteiger partial charge in [-0.15, -0.1) is 0 Å². The van der Waals surface area contributed by atoms with E-state index in [4.69, 9.17) is 15.0 Å². The highest BCUT2D eigenvalue weighted by atomic mass is 15.0. The van der Waals surface area contributed by atoms with Gasteiger partial charge >= 0.3 is 0 Å². The average molecular weight is 643 g/mol. The molecular formula is C46H34N4. The molecule has 0 amide bonds. The summed E-state index contributed by atoms with van der Waals surface area (Å²) in [6.45, 7) is 0. The minimum absolute atomic E-state index is 0.0202. The molecule has 238 valence electrons. The van der Waals surface area contributed by atoms with E-state index in [1.165, 1.54) is 41.5 Å². The van der Waals surface area contributed by atoms with E-state index >= 15 is 0 Å². The Morgan fingerprint density at radius 3 is 1.62 bits per heavy atom. The van der Waals surface area contributed by atoms with Crippen molar-refractivity contribution in [2.24, 2.45) is 0 Å². The van der Waals surface area contributed by atoms with E-state index in [2.05, 4.69) is 115 Å². The Labute approximate surface area is 292 Å². The van der Waals surface area contributed by atoms with Gasteiger partial charge in [-0.3, -0.25) is 0 Å². The van der Waals surface area contributed by atoms with E-state index in [0.29, 0.717) is 17.5 Å². The number of hydrogen-bond donors (Lipinski definition) is 0. The summed E-state index contributed by atoms with van der Waals surface area (Å²) in [7, 11) is 0. The maximum absolute atomic E-state index is 9.80. The molecule has 50 heavy (non-hydrogen) atoms. The maximum atomic E-state index is 9.80. The van der Waals surface area contributed by atoms with Crippen LogP contribution in [-0.4, -0.2) is 15.0 Å². The van der Waals surface area contributed by atoms with Crippen LogP contribution in [0.2, 0.25) is 0 Å². The fourth-order valence-electron chi connectivity index (χ4n) is 8.25. The van der Waals surface area contributed by atoms with Crippen LogP contribution < -0.4 is 0 Å². The van der Waals surface area contributed by atoms with Crippen LogP contribution in [0.5, 0.6) is 0 Å². The molecular weight excluding hydrogens is 609 g/mol. The summed E-state index contributed by atoms with van der Waals surface area (Å²) in [4.78, 5) is 15.4. The number of fused-ring (bicyclic) bond motifs is 5. The highest BCUT2D eigenvalue weighted by Gasteiger charge is 2.44. The third-order valence-electron chi connectivity index (χ3n) is 10.6. The van der Waals surface area contributed by atoms with E-state index in [9.17, 15) is 5.26 Å². The van der Waals surface area contributed by atoms with Crippen molar-refractivity contribution in [1.29, 1.82) is 5.26 Å². The van der Waals surface area contributed by atoms with E-state index in [0.717, 1.165) is 57.3 Å². The van der Waals surface area contributed by atoms with Gasteiger partial charge in [0, 0.05) is 22.1 Å². The van der Waals surface area contributed by atoms with Gasteiger partial charge in [-0.25, -0.2) is 15.0 Å². The Bertz CT molecular complexity index is 2420. The highest BCUT2D eigenvalue weighted by molar-refractivity contribution is 5.89. The molecule has 0 unspecified atom stereocenters. The first-order chi connectivity index (χ1) is 24.7. The van der Waals surface area contributed by atoms with Crippen LogP contribution in [0.25, 0.3) is 67.5 Å². The Morgan fingerprint density at radius 1 is 0.420 bits per heavy atom. The van der Waals surface area contributed by atoms with Gasteiger partial charge in [0.05, 0.1) is 11.6 Å². The van der Waals surface area contributed by atoms with Gasteiger partial charge in [0.2, 0.25) is 0 Å². The van der Waals surface area contributed by atoms with Crippen molar-refractivity contribution in [2.75, 3.05) is 0 Å². The number of benzene rings is 6. The zero-order valence-electron chi connectivity index (χ0n) is 27.7. The molecule has 2 aliphatic rings. The monoisotopic (exact) mass is 642 g/mol. The topological polar surface area (TPSA) is 62.5 Å². The molecule has 1 saturated carbocycles. The first-order valence-corrected chi connectivity index (χ1v) is 17.5. The van der Waals surface area contributed by atoms with Gasteiger partial charge in [0.25, 0.3) is 0 Å². The molecule has 0 saturated heterocycles. The van der Waals surface area contributed by atoms with E-state index < -0.39 is 0 Å². The predicted octanol–water partition coefficient (Wildman–Crippen LogP) is 11.3. The minimum Gasteiger partial charge on any atom is -0.208 e. The smallest absolute Gasteiger partial charge is 0.164 e. The number of nitrogens with zero attached hydrogens (tertiary/aromatic N) is 4. The molecule has 0 radical (unpaired) electrons. The molecule has 1 spiro atoms. The van der Waals surface area contributed by atoms with Gasteiger partial charge in [0.15, 0.2) is 17.5 Å². The van der Waals surface area contributed by atoms with Gasteiger partial charge in [-0.2, -0.15) is 5.26 Å². The van der Waals surface area contributed by atoms with Crippen LogP contribution in [0.3, 0.4) is 0 Å². The number of aromatic nitrogens is 3. The molecule has 0 aliphatic heterocycles. The van der Waals surface area contributed by atoms with Crippen molar-refractivity contribution < 1.29 is 0 Å². The van der Waals surface area contributed by atoms with Gasteiger partial charge < -0.3 is 0 Å². The summed E-state index contributed by atoms with van der Waals surface area (Å²) in [5, 5.41) is 9.80. The van der Waals surface area contributed by atoms with Crippen molar-refractivity contribution in [2.45, 2.75) is 37.5 Å². The molecule has 0 bridgehead atoms. The van der Waals surface area contributed by atoms with Crippen LogP contribution in [-0.2, 0) is 5.41 Å². The van der Waals surface area contributed by atoms with Crippen molar-refractivity contribution in [3.05, 3.63) is 162 Å². The first-order valence-electron chi connectivity index (χ1n) is 17.5. The SMILES string of the molecule is N#Cc1ccc2c(c1)C1(CCCCC1)c1ccc(-c3ccccc3-c3nc(-c4ccccc4)nc(-c4ccccc4-c4ccccc4)n3)cc1-2. The second-order valence-corrected chi connectivity index (χ2v) is 13.4. The lowest BCUT2D eigenvalue weighted by Crippen LogP contribution is -2.28. The summed E-state index contributed by atoms with van der Waals surface area (Å²) in [6, 6.07) is 53.0. The third-order valence-corrected chi connectivity index (χ3v) is 10.6. The Kier molecular flexibility index (Phi) is 7.40. The minimum atomic E-state index is -0.0202. The Balaban J connectivity index is 1.22. The van der Waals surface area contributed by atoms with Crippen molar-refractivity contribution in [3.63, 3.8) is 0 Å². The fraction of sp³-hybridized carbons (Fsp3) is 0.130. The van der Waals surface area contributed by atoms with Gasteiger partial charge in [0.1, 0.15) is 0 Å². The molecule has 0 atom stereocenters. The van der Waals surface area contributed by atoms with Crippen LogP contribution in [0, 0.1) is 11.3 Å². The molecule has 1 aromatic heterocycles. The second kappa shape index (κ2) is 12.4. The lowest BCUT2D eigenvalue weighted by molar-refractivity contribution is 0.353. The summed E-state index contributed by atoms with van der Waals surface area (Å²) in [6.07, 6.45) is 5.93. The van der Waals surface area contributed by atoms with Crippen LogP contribution in [0.1, 0.15) is 48.8 Å². The van der Waals surface area contributed by atoms with Crippen LogP contribution in [0.4, 0.5) is 0 Å². The van der Waals surface area contributed by atoms with Crippen LogP contribution >= 0.6 is 0 Å². The zero-order chi connectivity index (χ0) is 33.5. The Morgan fingerprint density at radius 2 is 0.980 bits per heavy atom. The quantitative estimate of drug-likeness (QED) is 0.187. The molecule has 7 aromatic rings. The molecule has 0 N–H and O–H groups in total. The first kappa shape index (κ1) is 29.9. The molecule has 6 aromatic carbocycles. The predicted molar refractivity (Wildman–Crippen MR) is 201 cm³/mol. The largest absolute Gasteiger partial charge is 0.208 e. The lowest BCUT2D eigenvalue weighted by Gasteiger charge is -2.36. The normalized spacial score (nSPS) is 14.1. The standard InChI is InChI=1S/C46H34N4/c47-30-31-22-24-37-40-29-34(23-25-41(40)46(42(37)28-31)26-12-3-13-27-46)36-19-9-11-21-39(36)45-49-43(33-16-6-2-7-17-33)48-44(50-45)38-20-10-8-18-35(38)32-14-4-1-5-15-32/h1-2,4-11,14-25,28-29H,3,12-13,26-27H2. The number of rotatable bonds is 5. The lowest BCUT2D eigenvalue weighted by atomic mass is 9.67.